The molecular weight excluding hydrogens is 400 g/mol. The van der Waals surface area contributed by atoms with Crippen LogP contribution < -0.4 is 5.32 Å². The van der Waals surface area contributed by atoms with E-state index in [9.17, 15) is 4.79 Å². The zero-order valence-corrected chi connectivity index (χ0v) is 17.9. The van der Waals surface area contributed by atoms with Crippen LogP contribution >= 0.6 is 11.8 Å². The normalized spacial score (nSPS) is 14.3. The van der Waals surface area contributed by atoms with E-state index in [0.717, 1.165) is 37.2 Å². The highest BCUT2D eigenvalue weighted by Gasteiger charge is 2.19. The van der Waals surface area contributed by atoms with Gasteiger partial charge < -0.3 is 14.4 Å². The Balaban J connectivity index is 1.39. The van der Waals surface area contributed by atoms with Gasteiger partial charge in [-0.15, -0.1) is 10.2 Å². The smallest absolute Gasteiger partial charge is 0.226 e. The number of benzene rings is 1. The summed E-state index contributed by atoms with van der Waals surface area (Å²) in [6.07, 6.45) is 2.85. The van der Waals surface area contributed by atoms with Gasteiger partial charge in [0.15, 0.2) is 11.0 Å². The molecule has 2 aromatic heterocycles. The van der Waals surface area contributed by atoms with Crippen LogP contribution in [-0.4, -0.2) is 49.6 Å². The van der Waals surface area contributed by atoms with Gasteiger partial charge in [-0.2, -0.15) is 0 Å². The van der Waals surface area contributed by atoms with E-state index in [0.29, 0.717) is 23.8 Å². The van der Waals surface area contributed by atoms with E-state index in [2.05, 4.69) is 42.3 Å². The molecule has 0 radical (unpaired) electrons. The molecule has 3 heterocycles. The Morgan fingerprint density at radius 3 is 2.70 bits per heavy atom. The third-order valence-corrected chi connectivity index (χ3v) is 5.96. The molecule has 1 fully saturated rings. The van der Waals surface area contributed by atoms with E-state index in [-0.39, 0.29) is 5.91 Å². The number of anilines is 1. The van der Waals surface area contributed by atoms with Crippen LogP contribution in [0, 0.1) is 6.92 Å². The highest BCUT2D eigenvalue weighted by atomic mass is 32.2. The first kappa shape index (κ1) is 20.6. The van der Waals surface area contributed by atoms with Crippen molar-refractivity contribution in [3.63, 3.8) is 0 Å². The average molecular weight is 427 g/mol. The van der Waals surface area contributed by atoms with Crippen molar-refractivity contribution in [1.82, 2.24) is 24.8 Å². The van der Waals surface area contributed by atoms with Crippen molar-refractivity contribution >= 4 is 23.5 Å². The molecule has 1 amide bonds. The minimum Gasteiger partial charge on any atom is -0.360 e. The summed E-state index contributed by atoms with van der Waals surface area (Å²) in [5, 5.41) is 16.3. The first-order chi connectivity index (χ1) is 14.7. The number of nitrogens with one attached hydrogen (secondary N) is 1. The predicted octanol–water partition coefficient (Wildman–Crippen LogP) is 3.34. The summed E-state index contributed by atoms with van der Waals surface area (Å²) in [5.74, 6) is 2.61. The summed E-state index contributed by atoms with van der Waals surface area (Å²) in [6.45, 7) is 5.55. The lowest BCUT2D eigenvalue weighted by atomic mass is 10.2. The Hall–Kier alpha value is -2.65. The average Bonchev–Trinajstić information content (AvgIpc) is 3.48. The second-order valence-corrected chi connectivity index (χ2v) is 8.49. The molecule has 8 nitrogen and oxygen atoms in total. The number of thioether (sulfide) groups is 1. The number of carbonyl (C=O) groups is 1. The fourth-order valence-electron chi connectivity index (χ4n) is 3.47. The molecule has 0 unspecified atom stereocenters. The van der Waals surface area contributed by atoms with Crippen LogP contribution in [0.3, 0.4) is 0 Å². The van der Waals surface area contributed by atoms with Gasteiger partial charge in [0.05, 0.1) is 13.1 Å². The molecule has 1 aliphatic heterocycles. The lowest BCUT2D eigenvalue weighted by Gasteiger charge is -2.16. The van der Waals surface area contributed by atoms with Crippen LogP contribution in [0.2, 0.25) is 0 Å². The van der Waals surface area contributed by atoms with Crippen molar-refractivity contribution in [2.45, 2.75) is 44.4 Å². The van der Waals surface area contributed by atoms with E-state index in [1.807, 2.05) is 18.2 Å². The summed E-state index contributed by atoms with van der Waals surface area (Å²) in [6, 6.07) is 12.0. The van der Waals surface area contributed by atoms with Gasteiger partial charge in [-0.1, -0.05) is 47.3 Å². The van der Waals surface area contributed by atoms with Gasteiger partial charge in [-0.05, 0) is 38.4 Å². The number of carbonyl (C=O) groups excluding carboxylic acids is 1. The first-order valence-electron chi connectivity index (χ1n) is 10.2. The Bertz CT molecular complexity index is 965. The van der Waals surface area contributed by atoms with E-state index in [1.54, 1.807) is 24.8 Å². The highest BCUT2D eigenvalue weighted by molar-refractivity contribution is 7.99. The summed E-state index contributed by atoms with van der Waals surface area (Å²) < 4.78 is 7.15. The number of rotatable bonds is 9. The molecule has 1 aromatic carbocycles. The molecule has 1 aliphatic rings. The van der Waals surface area contributed by atoms with Gasteiger partial charge in [-0.3, -0.25) is 9.69 Å². The molecule has 4 rings (SSSR count). The first-order valence-corrected chi connectivity index (χ1v) is 11.2. The molecule has 0 bridgehead atoms. The third-order valence-electron chi connectivity index (χ3n) is 5.00. The van der Waals surface area contributed by atoms with Gasteiger partial charge in [0.2, 0.25) is 5.91 Å². The van der Waals surface area contributed by atoms with Crippen molar-refractivity contribution in [2.75, 3.05) is 24.2 Å². The van der Waals surface area contributed by atoms with Crippen LogP contribution in [-0.2, 0) is 17.9 Å². The fourth-order valence-corrected chi connectivity index (χ4v) is 4.37. The molecule has 3 aromatic rings. The van der Waals surface area contributed by atoms with Crippen LogP contribution in [0.25, 0.3) is 0 Å². The number of hydrogen-bond donors (Lipinski definition) is 1. The van der Waals surface area contributed by atoms with Gasteiger partial charge in [0.25, 0.3) is 0 Å². The predicted molar refractivity (Wildman–Crippen MR) is 115 cm³/mol. The van der Waals surface area contributed by atoms with Crippen LogP contribution in [0.5, 0.6) is 0 Å². The number of amides is 1. The maximum absolute atomic E-state index is 12.2. The standard InChI is InChI=1S/C21H26N6O2S/c1-16-13-18(25-29-16)22-20(28)9-12-30-21-24-23-19(15-26-10-5-6-11-26)27(21)14-17-7-3-2-4-8-17/h2-4,7-8,13H,5-6,9-12,14-15H2,1H3,(H,22,25,28). The van der Waals surface area contributed by atoms with E-state index >= 15 is 0 Å². The monoisotopic (exact) mass is 426 g/mol. The van der Waals surface area contributed by atoms with E-state index in [1.165, 1.54) is 18.4 Å². The van der Waals surface area contributed by atoms with Gasteiger partial charge in [0, 0.05) is 18.2 Å². The van der Waals surface area contributed by atoms with Gasteiger partial charge >= 0.3 is 0 Å². The molecular formula is C21H26N6O2S. The molecule has 158 valence electrons. The fraction of sp³-hybridized carbons (Fsp3) is 0.429. The van der Waals surface area contributed by atoms with Crippen LogP contribution in [0.1, 0.15) is 36.4 Å². The maximum atomic E-state index is 12.2. The van der Waals surface area contributed by atoms with Crippen LogP contribution in [0.4, 0.5) is 5.82 Å². The molecule has 1 saturated heterocycles. The molecule has 0 atom stereocenters. The van der Waals surface area contributed by atoms with E-state index < -0.39 is 0 Å². The largest absolute Gasteiger partial charge is 0.360 e. The lowest BCUT2D eigenvalue weighted by molar-refractivity contribution is -0.115. The molecule has 30 heavy (non-hydrogen) atoms. The minimum absolute atomic E-state index is 0.0952. The molecule has 0 saturated carbocycles. The summed E-state index contributed by atoms with van der Waals surface area (Å²) in [7, 11) is 0. The number of hydrogen-bond acceptors (Lipinski definition) is 7. The zero-order chi connectivity index (χ0) is 20.8. The Morgan fingerprint density at radius 2 is 1.97 bits per heavy atom. The summed E-state index contributed by atoms with van der Waals surface area (Å²) in [5.41, 5.74) is 1.21. The van der Waals surface area contributed by atoms with Crippen molar-refractivity contribution in [1.29, 1.82) is 0 Å². The maximum Gasteiger partial charge on any atom is 0.226 e. The number of aromatic nitrogens is 4. The van der Waals surface area contributed by atoms with Crippen LogP contribution in [0.15, 0.2) is 46.1 Å². The molecule has 0 spiro atoms. The lowest BCUT2D eigenvalue weighted by Crippen LogP contribution is -2.21. The molecule has 0 aliphatic carbocycles. The van der Waals surface area contributed by atoms with Crippen molar-refractivity contribution in [3.05, 3.63) is 53.5 Å². The molecule has 1 N–H and O–H groups in total. The van der Waals surface area contributed by atoms with Crippen molar-refractivity contribution in [3.8, 4) is 0 Å². The van der Waals surface area contributed by atoms with Crippen molar-refractivity contribution < 1.29 is 9.32 Å². The number of aryl methyl sites for hydroxylation is 1. The van der Waals surface area contributed by atoms with E-state index in [4.69, 9.17) is 4.52 Å². The van der Waals surface area contributed by atoms with Gasteiger partial charge in [0.1, 0.15) is 11.6 Å². The highest BCUT2D eigenvalue weighted by Crippen LogP contribution is 2.22. The topological polar surface area (TPSA) is 89.1 Å². The summed E-state index contributed by atoms with van der Waals surface area (Å²) in [4.78, 5) is 14.6. The molecule has 9 heteroatoms. The Morgan fingerprint density at radius 1 is 1.17 bits per heavy atom. The zero-order valence-electron chi connectivity index (χ0n) is 17.1. The Kier molecular flexibility index (Phi) is 6.81. The number of likely N-dealkylation sites (tertiary alicyclic amines) is 1. The van der Waals surface area contributed by atoms with Gasteiger partial charge in [-0.25, -0.2) is 0 Å². The third kappa shape index (κ3) is 5.48. The minimum atomic E-state index is -0.0952. The SMILES string of the molecule is Cc1cc(NC(=O)CCSc2nnc(CN3CCCC3)n2Cc2ccccc2)no1. The second kappa shape index (κ2) is 9.90. The number of nitrogens with zero attached hydrogens (tertiary/aromatic N) is 5. The summed E-state index contributed by atoms with van der Waals surface area (Å²) >= 11 is 1.56. The second-order valence-electron chi connectivity index (χ2n) is 7.42. The van der Waals surface area contributed by atoms with Crippen molar-refractivity contribution in [2.24, 2.45) is 0 Å². The quantitative estimate of drug-likeness (QED) is 0.525. The Labute approximate surface area is 180 Å².